The van der Waals surface area contributed by atoms with Crippen LogP contribution in [0.1, 0.15) is 24.2 Å². The van der Waals surface area contributed by atoms with Gasteiger partial charge in [-0.3, -0.25) is 0 Å². The van der Waals surface area contributed by atoms with E-state index in [9.17, 15) is 4.79 Å². The summed E-state index contributed by atoms with van der Waals surface area (Å²) in [5.41, 5.74) is 0.378. The van der Waals surface area contributed by atoms with Crippen molar-refractivity contribution >= 4 is 17.7 Å². The van der Waals surface area contributed by atoms with Gasteiger partial charge >= 0.3 is 5.97 Å². The average molecular weight is 328 g/mol. The minimum absolute atomic E-state index is 0.378. The van der Waals surface area contributed by atoms with Gasteiger partial charge in [0.05, 0.1) is 26.9 Å². The van der Waals surface area contributed by atoms with Gasteiger partial charge in [0.2, 0.25) is 5.75 Å². The number of carbonyl (C=O) groups is 1. The van der Waals surface area contributed by atoms with Crippen LogP contribution in [0.2, 0.25) is 0 Å². The third kappa shape index (κ3) is 5.33. The molecule has 5 nitrogen and oxygen atoms in total. The fourth-order valence-corrected chi connectivity index (χ4v) is 2.63. The molecular weight excluding hydrogens is 304 g/mol. The minimum atomic E-state index is -0.399. The molecular formula is C16H24O5S. The molecule has 0 amide bonds. The number of carbonyl (C=O) groups excluding carboxylic acids is 1. The van der Waals surface area contributed by atoms with Crippen molar-refractivity contribution in [1.29, 1.82) is 0 Å². The topological polar surface area (TPSA) is 54.0 Å². The number of esters is 1. The number of benzene rings is 1. The van der Waals surface area contributed by atoms with Gasteiger partial charge in [-0.25, -0.2) is 4.79 Å². The Morgan fingerprint density at radius 2 is 1.68 bits per heavy atom. The summed E-state index contributed by atoms with van der Waals surface area (Å²) in [5, 5.41) is 0. The third-order valence-electron chi connectivity index (χ3n) is 2.81. The van der Waals surface area contributed by atoms with Crippen molar-refractivity contribution in [3.8, 4) is 17.2 Å². The van der Waals surface area contributed by atoms with Crippen LogP contribution < -0.4 is 14.2 Å². The molecule has 124 valence electrons. The smallest absolute Gasteiger partial charge is 0.338 e. The normalized spacial score (nSPS) is 10.5. The standard InChI is InChI=1S/C16H24O5S/c1-11(2)10-22-7-6-21-16(17)12-8-13(18-3)15(20-5)14(9-12)19-4/h8-9,11H,6-7,10H2,1-5H3. The zero-order valence-electron chi connectivity index (χ0n) is 13.8. The molecule has 0 unspecified atom stereocenters. The number of hydrogen-bond acceptors (Lipinski definition) is 6. The molecule has 0 atom stereocenters. The Morgan fingerprint density at radius 1 is 1.09 bits per heavy atom. The summed E-state index contributed by atoms with van der Waals surface area (Å²) in [6, 6.07) is 3.18. The molecule has 0 aliphatic carbocycles. The highest BCUT2D eigenvalue weighted by atomic mass is 32.2. The summed E-state index contributed by atoms with van der Waals surface area (Å²) < 4.78 is 20.9. The summed E-state index contributed by atoms with van der Waals surface area (Å²) in [7, 11) is 4.54. The van der Waals surface area contributed by atoms with E-state index in [1.165, 1.54) is 21.3 Å². The third-order valence-corrected chi connectivity index (χ3v) is 4.17. The number of thioether (sulfide) groups is 1. The first-order chi connectivity index (χ1) is 10.5. The first-order valence-electron chi connectivity index (χ1n) is 7.08. The molecule has 0 aliphatic heterocycles. The second-order valence-electron chi connectivity index (χ2n) is 5.02. The van der Waals surface area contributed by atoms with E-state index < -0.39 is 5.97 Å². The second-order valence-corrected chi connectivity index (χ2v) is 6.17. The molecule has 0 saturated carbocycles. The van der Waals surface area contributed by atoms with Gasteiger partial charge in [-0.2, -0.15) is 11.8 Å². The molecule has 0 aromatic heterocycles. The van der Waals surface area contributed by atoms with Gasteiger partial charge in [0.1, 0.15) is 6.61 Å². The van der Waals surface area contributed by atoms with Crippen LogP contribution in [-0.2, 0) is 4.74 Å². The Balaban J connectivity index is 2.69. The van der Waals surface area contributed by atoms with Crippen molar-refractivity contribution in [2.75, 3.05) is 39.4 Å². The number of methoxy groups -OCH3 is 3. The van der Waals surface area contributed by atoms with Gasteiger partial charge in [0.25, 0.3) is 0 Å². The number of rotatable bonds is 9. The first kappa shape index (κ1) is 18.5. The fourth-order valence-electron chi connectivity index (χ4n) is 1.79. The predicted molar refractivity (Wildman–Crippen MR) is 88.5 cm³/mol. The SMILES string of the molecule is COc1cc(C(=O)OCCSCC(C)C)cc(OC)c1OC. The summed E-state index contributed by atoms with van der Waals surface area (Å²) >= 11 is 1.77. The number of hydrogen-bond donors (Lipinski definition) is 0. The Morgan fingerprint density at radius 3 is 2.14 bits per heavy atom. The summed E-state index contributed by atoms with van der Waals surface area (Å²) in [6.45, 7) is 4.71. The Bertz CT molecular complexity index is 462. The molecule has 0 aliphatic rings. The van der Waals surface area contributed by atoms with Crippen molar-refractivity contribution in [3.63, 3.8) is 0 Å². The summed E-state index contributed by atoms with van der Waals surface area (Å²) in [5.74, 6) is 3.40. The summed E-state index contributed by atoms with van der Waals surface area (Å²) in [4.78, 5) is 12.1. The predicted octanol–water partition coefficient (Wildman–Crippen LogP) is 3.26. The molecule has 0 saturated heterocycles. The Kier molecular flexibility index (Phi) is 7.95. The average Bonchev–Trinajstić information content (AvgIpc) is 2.52. The lowest BCUT2D eigenvalue weighted by Crippen LogP contribution is -2.09. The summed E-state index contributed by atoms with van der Waals surface area (Å²) in [6.07, 6.45) is 0. The van der Waals surface area contributed by atoms with E-state index >= 15 is 0 Å². The van der Waals surface area contributed by atoms with Crippen LogP contribution in [0, 0.1) is 5.92 Å². The van der Waals surface area contributed by atoms with Crippen LogP contribution in [-0.4, -0.2) is 45.4 Å². The van der Waals surface area contributed by atoms with Crippen LogP contribution in [0.4, 0.5) is 0 Å². The van der Waals surface area contributed by atoms with Crippen LogP contribution in [0.15, 0.2) is 12.1 Å². The molecule has 0 fully saturated rings. The van der Waals surface area contributed by atoms with Crippen molar-refractivity contribution in [3.05, 3.63) is 17.7 Å². The van der Waals surface area contributed by atoms with Gasteiger partial charge in [0, 0.05) is 5.75 Å². The van der Waals surface area contributed by atoms with Gasteiger partial charge < -0.3 is 18.9 Å². The molecule has 1 rings (SSSR count). The van der Waals surface area contributed by atoms with Crippen LogP contribution in [0.25, 0.3) is 0 Å². The lowest BCUT2D eigenvalue weighted by molar-refractivity contribution is 0.0529. The van der Waals surface area contributed by atoms with Gasteiger partial charge in [0.15, 0.2) is 11.5 Å². The molecule has 1 aromatic carbocycles. The minimum Gasteiger partial charge on any atom is -0.493 e. The fraction of sp³-hybridized carbons (Fsp3) is 0.562. The van der Waals surface area contributed by atoms with E-state index in [1.54, 1.807) is 23.9 Å². The van der Waals surface area contributed by atoms with Crippen molar-refractivity contribution in [2.24, 2.45) is 5.92 Å². The molecule has 1 aromatic rings. The molecule has 22 heavy (non-hydrogen) atoms. The maximum Gasteiger partial charge on any atom is 0.338 e. The monoisotopic (exact) mass is 328 g/mol. The van der Waals surface area contributed by atoms with Crippen LogP contribution in [0.3, 0.4) is 0 Å². The molecule has 0 N–H and O–H groups in total. The molecule has 0 radical (unpaired) electrons. The largest absolute Gasteiger partial charge is 0.493 e. The van der Waals surface area contributed by atoms with Crippen molar-refractivity contribution in [1.82, 2.24) is 0 Å². The van der Waals surface area contributed by atoms with E-state index in [-0.39, 0.29) is 0 Å². The second kappa shape index (κ2) is 9.46. The Labute approximate surface area is 136 Å². The molecule has 6 heteroatoms. The quantitative estimate of drug-likeness (QED) is 0.512. The molecule has 0 heterocycles. The van der Waals surface area contributed by atoms with Gasteiger partial charge in [-0.05, 0) is 23.8 Å². The zero-order chi connectivity index (χ0) is 16.5. The van der Waals surface area contributed by atoms with Crippen LogP contribution in [0.5, 0.6) is 17.2 Å². The van der Waals surface area contributed by atoms with Gasteiger partial charge in [-0.1, -0.05) is 13.8 Å². The van der Waals surface area contributed by atoms with Gasteiger partial charge in [-0.15, -0.1) is 0 Å². The van der Waals surface area contributed by atoms with Crippen molar-refractivity contribution < 1.29 is 23.7 Å². The highest BCUT2D eigenvalue weighted by molar-refractivity contribution is 7.99. The lowest BCUT2D eigenvalue weighted by atomic mass is 10.2. The van der Waals surface area contributed by atoms with E-state index in [2.05, 4.69) is 13.8 Å². The first-order valence-corrected chi connectivity index (χ1v) is 8.23. The molecule has 0 spiro atoms. The van der Waals surface area contributed by atoms with E-state index in [0.717, 1.165) is 11.5 Å². The Hall–Kier alpha value is -1.56. The lowest BCUT2D eigenvalue weighted by Gasteiger charge is -2.13. The zero-order valence-corrected chi connectivity index (χ0v) is 14.6. The van der Waals surface area contributed by atoms with E-state index in [0.29, 0.717) is 35.3 Å². The highest BCUT2D eigenvalue weighted by Gasteiger charge is 2.17. The number of ether oxygens (including phenoxy) is 4. The van der Waals surface area contributed by atoms with E-state index in [1.807, 2.05) is 0 Å². The van der Waals surface area contributed by atoms with E-state index in [4.69, 9.17) is 18.9 Å². The highest BCUT2D eigenvalue weighted by Crippen LogP contribution is 2.38. The molecule has 0 bridgehead atoms. The maximum absolute atomic E-state index is 12.1. The van der Waals surface area contributed by atoms with Crippen LogP contribution >= 0.6 is 11.8 Å². The maximum atomic E-state index is 12.1. The van der Waals surface area contributed by atoms with Crippen molar-refractivity contribution in [2.45, 2.75) is 13.8 Å².